The van der Waals surface area contributed by atoms with Gasteiger partial charge in [-0.1, -0.05) is 52.3 Å². The highest BCUT2D eigenvalue weighted by Crippen LogP contribution is 2.37. The molecule has 2 amide bonds. The number of hydrazine groups is 1. The lowest BCUT2D eigenvalue weighted by atomic mass is 10.1. The molecule has 1 aliphatic rings. The first-order valence-electron chi connectivity index (χ1n) is 9.92. The molecule has 0 aliphatic carbocycles. The first-order chi connectivity index (χ1) is 16.0. The molecule has 1 saturated heterocycles. The van der Waals surface area contributed by atoms with E-state index in [1.807, 2.05) is 12.1 Å². The van der Waals surface area contributed by atoms with Crippen molar-refractivity contribution in [3.8, 4) is 17.6 Å². The van der Waals surface area contributed by atoms with E-state index < -0.39 is 11.8 Å². The number of hydrogen-bond acceptors (Lipinski definition) is 5. The van der Waals surface area contributed by atoms with Crippen LogP contribution >= 0.6 is 15.9 Å². The molecule has 1 heterocycles. The number of methoxy groups -OCH3 is 1. The first-order valence-corrected chi connectivity index (χ1v) is 10.7. The number of nitrogens with one attached hydrogen (secondary N) is 1. The second-order valence-electron chi connectivity index (χ2n) is 7.06. The molecular formula is C25H18BrN3O4. The summed E-state index contributed by atoms with van der Waals surface area (Å²) in [6.07, 6.45) is 1.47. The Bertz CT molecular complexity index is 1300. The quantitative estimate of drug-likeness (QED) is 0.398. The fourth-order valence-corrected chi connectivity index (χ4v) is 3.83. The standard InChI is InChI=1S/C25H18BrN3O4/c1-32-22-13-19(26)11-18(23(22)33-15-17-8-6-5-7-16(17)14-27)12-21-24(30)28-29(25(21)31)20-9-3-2-4-10-20/h2-13H,15H2,1H3,(H,28,30)/b21-12+. The minimum atomic E-state index is -0.524. The summed E-state index contributed by atoms with van der Waals surface area (Å²) in [4.78, 5) is 25.6. The number of hydrogen-bond donors (Lipinski definition) is 1. The van der Waals surface area contributed by atoms with Crippen LogP contribution in [-0.2, 0) is 16.2 Å². The van der Waals surface area contributed by atoms with E-state index >= 15 is 0 Å². The Morgan fingerprint density at radius 3 is 2.55 bits per heavy atom. The molecule has 164 valence electrons. The average molecular weight is 504 g/mol. The van der Waals surface area contributed by atoms with Crippen LogP contribution in [0.3, 0.4) is 0 Å². The Balaban J connectivity index is 1.71. The lowest BCUT2D eigenvalue weighted by Crippen LogP contribution is -2.35. The number of carbonyl (C=O) groups is 2. The average Bonchev–Trinajstić information content (AvgIpc) is 3.12. The van der Waals surface area contributed by atoms with E-state index in [2.05, 4.69) is 27.4 Å². The van der Waals surface area contributed by atoms with Crippen LogP contribution in [0.4, 0.5) is 5.69 Å². The van der Waals surface area contributed by atoms with Gasteiger partial charge in [-0.05, 0) is 36.4 Å². The Hall–Kier alpha value is -4.09. The van der Waals surface area contributed by atoms with Gasteiger partial charge in [-0.25, -0.2) is 5.01 Å². The Morgan fingerprint density at radius 1 is 1.09 bits per heavy atom. The molecule has 7 nitrogen and oxygen atoms in total. The van der Waals surface area contributed by atoms with Gasteiger partial charge in [0.25, 0.3) is 11.8 Å². The number of carbonyl (C=O) groups excluding carboxylic acids is 2. The number of para-hydroxylation sites is 1. The third kappa shape index (κ3) is 4.59. The molecule has 3 aromatic rings. The lowest BCUT2D eigenvalue weighted by molar-refractivity contribution is -0.117. The smallest absolute Gasteiger partial charge is 0.282 e. The van der Waals surface area contributed by atoms with Crippen molar-refractivity contribution < 1.29 is 19.1 Å². The van der Waals surface area contributed by atoms with Gasteiger partial charge in [0.2, 0.25) is 0 Å². The highest BCUT2D eigenvalue weighted by molar-refractivity contribution is 9.10. The van der Waals surface area contributed by atoms with Gasteiger partial charge in [-0.2, -0.15) is 5.26 Å². The third-order valence-corrected chi connectivity index (χ3v) is 5.44. The van der Waals surface area contributed by atoms with Gasteiger partial charge in [0.15, 0.2) is 11.5 Å². The van der Waals surface area contributed by atoms with Gasteiger partial charge in [0, 0.05) is 15.6 Å². The highest BCUT2D eigenvalue weighted by atomic mass is 79.9. The minimum absolute atomic E-state index is 0.0405. The van der Waals surface area contributed by atoms with Crippen molar-refractivity contribution in [3.05, 3.63) is 93.5 Å². The van der Waals surface area contributed by atoms with Gasteiger partial charge in [-0.3, -0.25) is 15.0 Å². The maximum absolute atomic E-state index is 13.0. The molecule has 0 saturated carbocycles. The maximum Gasteiger partial charge on any atom is 0.282 e. The molecule has 8 heteroatoms. The topological polar surface area (TPSA) is 91.7 Å². The van der Waals surface area contributed by atoms with Crippen LogP contribution in [0.5, 0.6) is 11.5 Å². The van der Waals surface area contributed by atoms with E-state index in [1.165, 1.54) is 18.2 Å². The van der Waals surface area contributed by atoms with Crippen molar-refractivity contribution in [3.63, 3.8) is 0 Å². The van der Waals surface area contributed by atoms with Crippen LogP contribution in [0.25, 0.3) is 6.08 Å². The molecule has 0 bridgehead atoms. The molecule has 3 aromatic carbocycles. The van der Waals surface area contributed by atoms with Crippen molar-refractivity contribution in [1.82, 2.24) is 5.43 Å². The van der Waals surface area contributed by atoms with Crippen molar-refractivity contribution in [2.24, 2.45) is 0 Å². The summed E-state index contributed by atoms with van der Waals surface area (Å²) in [6.45, 7) is 0.105. The van der Waals surface area contributed by atoms with Crippen molar-refractivity contribution in [1.29, 1.82) is 5.26 Å². The second-order valence-corrected chi connectivity index (χ2v) is 7.97. The molecule has 0 unspecified atom stereocenters. The molecule has 0 radical (unpaired) electrons. The SMILES string of the molecule is COc1cc(Br)cc(/C=C2\C(=O)NN(c3ccccc3)C2=O)c1OCc1ccccc1C#N. The van der Waals surface area contributed by atoms with Crippen molar-refractivity contribution >= 4 is 39.5 Å². The van der Waals surface area contributed by atoms with E-state index in [9.17, 15) is 14.9 Å². The van der Waals surface area contributed by atoms with Crippen LogP contribution < -0.4 is 19.9 Å². The third-order valence-electron chi connectivity index (χ3n) is 4.98. The van der Waals surface area contributed by atoms with E-state index in [4.69, 9.17) is 9.47 Å². The fourth-order valence-electron chi connectivity index (χ4n) is 3.38. The van der Waals surface area contributed by atoms with Crippen molar-refractivity contribution in [2.75, 3.05) is 12.1 Å². The van der Waals surface area contributed by atoms with E-state index in [0.717, 1.165) is 0 Å². The number of nitriles is 1. The first kappa shape index (κ1) is 22.1. The fraction of sp³-hybridized carbons (Fsp3) is 0.0800. The molecule has 1 aliphatic heterocycles. The number of anilines is 1. The number of nitrogens with zero attached hydrogens (tertiary/aromatic N) is 2. The predicted octanol–water partition coefficient (Wildman–Crippen LogP) is 4.37. The Kier molecular flexibility index (Phi) is 6.43. The molecule has 4 rings (SSSR count). The molecule has 0 aromatic heterocycles. The van der Waals surface area contributed by atoms with Crippen LogP contribution in [0.15, 0.2) is 76.8 Å². The zero-order chi connectivity index (χ0) is 23.4. The van der Waals surface area contributed by atoms with Gasteiger partial charge in [-0.15, -0.1) is 0 Å². The zero-order valence-electron chi connectivity index (χ0n) is 17.5. The Labute approximate surface area is 198 Å². The summed E-state index contributed by atoms with van der Waals surface area (Å²) in [5.74, 6) is -0.245. The highest BCUT2D eigenvalue weighted by Gasteiger charge is 2.34. The van der Waals surface area contributed by atoms with Crippen LogP contribution in [-0.4, -0.2) is 18.9 Å². The van der Waals surface area contributed by atoms with Gasteiger partial charge >= 0.3 is 0 Å². The number of ether oxygens (including phenoxy) is 2. The number of rotatable bonds is 6. The number of amides is 2. The molecular weight excluding hydrogens is 486 g/mol. The Morgan fingerprint density at radius 2 is 1.82 bits per heavy atom. The number of benzene rings is 3. The summed E-state index contributed by atoms with van der Waals surface area (Å²) < 4.78 is 12.2. The summed E-state index contributed by atoms with van der Waals surface area (Å²) in [5.41, 5.74) is 4.77. The predicted molar refractivity (Wildman–Crippen MR) is 126 cm³/mol. The zero-order valence-corrected chi connectivity index (χ0v) is 19.1. The number of halogens is 1. The summed E-state index contributed by atoms with van der Waals surface area (Å²) >= 11 is 3.43. The van der Waals surface area contributed by atoms with Crippen molar-refractivity contribution in [2.45, 2.75) is 6.61 Å². The normalized spacial score (nSPS) is 14.2. The monoisotopic (exact) mass is 503 g/mol. The van der Waals surface area contributed by atoms with Crippen LogP contribution in [0.2, 0.25) is 0 Å². The summed E-state index contributed by atoms with van der Waals surface area (Å²) in [7, 11) is 1.50. The van der Waals surface area contributed by atoms with Crippen LogP contribution in [0.1, 0.15) is 16.7 Å². The van der Waals surface area contributed by atoms with Gasteiger partial charge in [0.05, 0.1) is 24.4 Å². The summed E-state index contributed by atoms with van der Waals surface area (Å²) in [6, 6.07) is 21.5. The van der Waals surface area contributed by atoms with E-state index in [1.54, 1.807) is 54.6 Å². The van der Waals surface area contributed by atoms with E-state index in [-0.39, 0.29) is 12.2 Å². The second kappa shape index (κ2) is 9.59. The van der Waals surface area contributed by atoms with Gasteiger partial charge in [0.1, 0.15) is 12.2 Å². The van der Waals surface area contributed by atoms with Gasteiger partial charge < -0.3 is 9.47 Å². The molecule has 0 atom stereocenters. The van der Waals surface area contributed by atoms with E-state index in [0.29, 0.717) is 38.3 Å². The lowest BCUT2D eigenvalue weighted by Gasteiger charge is -2.15. The largest absolute Gasteiger partial charge is 0.493 e. The molecule has 0 spiro atoms. The summed E-state index contributed by atoms with van der Waals surface area (Å²) in [5, 5.41) is 10.5. The molecule has 1 N–H and O–H groups in total. The molecule has 33 heavy (non-hydrogen) atoms. The minimum Gasteiger partial charge on any atom is -0.493 e. The maximum atomic E-state index is 13.0. The molecule has 1 fully saturated rings. The van der Waals surface area contributed by atoms with Crippen LogP contribution in [0, 0.1) is 11.3 Å².